The van der Waals surface area contributed by atoms with Crippen molar-refractivity contribution in [3.63, 3.8) is 0 Å². The molecule has 0 radical (unpaired) electrons. The summed E-state index contributed by atoms with van der Waals surface area (Å²) in [5.74, 6) is -0.0351. The van der Waals surface area contributed by atoms with Crippen LogP contribution in [0, 0.1) is 0 Å². The van der Waals surface area contributed by atoms with E-state index in [1.807, 2.05) is 12.1 Å². The highest BCUT2D eigenvalue weighted by Crippen LogP contribution is 2.18. The molecule has 0 bridgehead atoms. The van der Waals surface area contributed by atoms with E-state index >= 15 is 0 Å². The number of rotatable bonds is 8. The average molecular weight is 426 g/mol. The Morgan fingerprint density at radius 2 is 1.72 bits per heavy atom. The van der Waals surface area contributed by atoms with Gasteiger partial charge in [0.15, 0.2) is 0 Å². The molecule has 0 fully saturated rings. The van der Waals surface area contributed by atoms with Crippen LogP contribution >= 0.6 is 15.9 Å². The van der Waals surface area contributed by atoms with Gasteiger partial charge in [0, 0.05) is 11.0 Å². The lowest BCUT2D eigenvalue weighted by Crippen LogP contribution is -2.16. The molecule has 0 aromatic heterocycles. The first kappa shape index (κ1) is 19.5. The fourth-order valence-electron chi connectivity index (χ4n) is 2.17. The van der Waals surface area contributed by atoms with Gasteiger partial charge in [0.2, 0.25) is 10.0 Å². The van der Waals surface area contributed by atoms with Crippen molar-refractivity contribution < 1.29 is 17.9 Å². The Kier molecular flexibility index (Phi) is 7.01. The van der Waals surface area contributed by atoms with Crippen LogP contribution < -0.4 is 9.46 Å². The second kappa shape index (κ2) is 9.01. The van der Waals surface area contributed by atoms with E-state index in [0.717, 1.165) is 17.3 Å². The normalized spacial score (nSPS) is 11.1. The lowest BCUT2D eigenvalue weighted by Gasteiger charge is -2.08. The quantitative estimate of drug-likeness (QED) is 0.394. The summed E-state index contributed by atoms with van der Waals surface area (Å²) in [6.07, 6.45) is 1.43. The van der Waals surface area contributed by atoms with Gasteiger partial charge in [0.1, 0.15) is 5.75 Å². The summed E-state index contributed by atoms with van der Waals surface area (Å²) in [4.78, 5) is 12.1. The highest BCUT2D eigenvalue weighted by atomic mass is 79.9. The summed E-state index contributed by atoms with van der Waals surface area (Å²) in [5.41, 5.74) is 2.04. The Bertz CT molecular complexity index is 802. The van der Waals surface area contributed by atoms with E-state index in [9.17, 15) is 13.2 Å². The number of hydrogen-bond acceptors (Lipinski definition) is 4. The van der Waals surface area contributed by atoms with Gasteiger partial charge in [-0.1, -0.05) is 35.0 Å². The van der Waals surface area contributed by atoms with Crippen LogP contribution in [0.3, 0.4) is 0 Å². The largest absolute Gasteiger partial charge is 0.423 e. The molecule has 0 amide bonds. The lowest BCUT2D eigenvalue weighted by atomic mass is 10.1. The first-order valence-electron chi connectivity index (χ1n) is 7.91. The molecule has 134 valence electrons. The fourth-order valence-corrected chi connectivity index (χ4v) is 3.77. The van der Waals surface area contributed by atoms with Crippen LogP contribution in [0.15, 0.2) is 48.5 Å². The number of carbonyl (C=O) groups is 1. The molecule has 7 heteroatoms. The molecule has 2 rings (SSSR count). The van der Waals surface area contributed by atoms with E-state index in [-0.39, 0.29) is 5.75 Å². The summed E-state index contributed by atoms with van der Waals surface area (Å²) in [6.45, 7) is 1.80. The van der Waals surface area contributed by atoms with E-state index in [2.05, 4.69) is 20.7 Å². The van der Waals surface area contributed by atoms with E-state index in [1.165, 1.54) is 0 Å². The van der Waals surface area contributed by atoms with Crippen molar-refractivity contribution in [3.05, 3.63) is 59.7 Å². The predicted molar refractivity (Wildman–Crippen MR) is 103 cm³/mol. The van der Waals surface area contributed by atoms with Crippen molar-refractivity contribution in [3.8, 4) is 5.75 Å². The maximum absolute atomic E-state index is 12.1. The highest BCUT2D eigenvalue weighted by Gasteiger charge is 2.11. The minimum Gasteiger partial charge on any atom is -0.423 e. The molecule has 0 saturated heterocycles. The molecular weight excluding hydrogens is 406 g/mol. The van der Waals surface area contributed by atoms with E-state index in [0.29, 0.717) is 23.4 Å². The molecule has 25 heavy (non-hydrogen) atoms. The van der Waals surface area contributed by atoms with Gasteiger partial charge in [-0.15, -0.1) is 0 Å². The van der Waals surface area contributed by atoms with E-state index in [4.69, 9.17) is 4.74 Å². The first-order valence-corrected chi connectivity index (χ1v) is 10.7. The van der Waals surface area contributed by atoms with Crippen LogP contribution in [0.5, 0.6) is 5.75 Å². The number of carbonyl (C=O) groups excluding carboxylic acids is 1. The van der Waals surface area contributed by atoms with Crippen LogP contribution in [0.2, 0.25) is 0 Å². The van der Waals surface area contributed by atoms with Gasteiger partial charge in [-0.3, -0.25) is 4.72 Å². The SMILES string of the molecule is CCCS(=O)(=O)Nc1ccc(OC(=O)c2ccc(CCBr)cc2)cc1. The molecular formula is C18H20BrNO4S. The fraction of sp³-hybridized carbons (Fsp3) is 0.278. The van der Waals surface area contributed by atoms with Gasteiger partial charge < -0.3 is 4.74 Å². The zero-order valence-electron chi connectivity index (χ0n) is 13.9. The summed E-state index contributed by atoms with van der Waals surface area (Å²) in [5, 5.41) is 0.866. The molecule has 0 saturated carbocycles. The smallest absolute Gasteiger partial charge is 0.343 e. The molecule has 0 unspecified atom stereocenters. The van der Waals surface area contributed by atoms with Crippen molar-refractivity contribution >= 4 is 37.6 Å². The van der Waals surface area contributed by atoms with Gasteiger partial charge in [-0.2, -0.15) is 0 Å². The number of benzene rings is 2. The Balaban J connectivity index is 1.99. The maximum atomic E-state index is 12.1. The molecule has 2 aromatic rings. The van der Waals surface area contributed by atoms with Gasteiger partial charge >= 0.3 is 5.97 Å². The number of sulfonamides is 1. The van der Waals surface area contributed by atoms with Crippen LogP contribution in [0.1, 0.15) is 29.3 Å². The van der Waals surface area contributed by atoms with Gasteiger partial charge in [0.05, 0.1) is 11.3 Å². The third kappa shape index (κ3) is 6.17. The number of alkyl halides is 1. The molecule has 1 N–H and O–H groups in total. The second-order valence-electron chi connectivity index (χ2n) is 5.47. The number of aryl methyl sites for hydroxylation is 1. The van der Waals surface area contributed by atoms with Crippen molar-refractivity contribution in [2.75, 3.05) is 15.8 Å². The van der Waals surface area contributed by atoms with E-state index in [1.54, 1.807) is 43.3 Å². The Hall–Kier alpha value is -1.86. The molecule has 0 atom stereocenters. The van der Waals surface area contributed by atoms with Crippen LogP contribution in [0.25, 0.3) is 0 Å². The predicted octanol–water partition coefficient (Wildman–Crippen LogP) is 3.99. The summed E-state index contributed by atoms with van der Waals surface area (Å²) < 4.78 is 31.2. The van der Waals surface area contributed by atoms with E-state index < -0.39 is 16.0 Å². The summed E-state index contributed by atoms with van der Waals surface area (Å²) in [6, 6.07) is 13.5. The topological polar surface area (TPSA) is 72.5 Å². The van der Waals surface area contributed by atoms with Crippen LogP contribution in [-0.2, 0) is 16.4 Å². The van der Waals surface area contributed by atoms with Crippen LogP contribution in [-0.4, -0.2) is 25.5 Å². The molecule has 0 aliphatic heterocycles. The number of hydrogen-bond donors (Lipinski definition) is 1. The van der Waals surface area contributed by atoms with Crippen molar-refractivity contribution in [2.24, 2.45) is 0 Å². The monoisotopic (exact) mass is 425 g/mol. The third-order valence-corrected chi connectivity index (χ3v) is 5.27. The second-order valence-corrected chi connectivity index (χ2v) is 8.11. The average Bonchev–Trinajstić information content (AvgIpc) is 2.57. The molecule has 2 aromatic carbocycles. The van der Waals surface area contributed by atoms with Gasteiger partial charge in [0.25, 0.3) is 0 Å². The number of halogens is 1. The number of anilines is 1. The molecule has 0 spiro atoms. The minimum absolute atomic E-state index is 0.0643. The third-order valence-electron chi connectivity index (χ3n) is 3.38. The zero-order valence-corrected chi connectivity index (χ0v) is 16.3. The maximum Gasteiger partial charge on any atom is 0.343 e. The number of ether oxygens (including phenoxy) is 1. The highest BCUT2D eigenvalue weighted by molar-refractivity contribution is 9.09. The Labute approximate surface area is 156 Å². The zero-order chi connectivity index (χ0) is 18.3. The number of esters is 1. The summed E-state index contributed by atoms with van der Waals surface area (Å²) >= 11 is 3.38. The molecule has 0 aliphatic rings. The summed E-state index contributed by atoms with van der Waals surface area (Å²) in [7, 11) is -3.33. The van der Waals surface area contributed by atoms with Gasteiger partial charge in [-0.05, 0) is 54.8 Å². The Morgan fingerprint density at radius 1 is 1.08 bits per heavy atom. The molecule has 0 aliphatic carbocycles. The van der Waals surface area contributed by atoms with Crippen LogP contribution in [0.4, 0.5) is 5.69 Å². The molecule has 0 heterocycles. The Morgan fingerprint density at radius 3 is 2.28 bits per heavy atom. The molecule has 5 nitrogen and oxygen atoms in total. The first-order chi connectivity index (χ1) is 11.9. The van der Waals surface area contributed by atoms with Crippen molar-refractivity contribution in [1.29, 1.82) is 0 Å². The standard InChI is InChI=1S/C18H20BrNO4S/c1-2-13-25(22,23)20-16-7-9-17(10-8-16)24-18(21)15-5-3-14(4-6-15)11-12-19/h3-10,20H,2,11-13H2,1H3. The van der Waals surface area contributed by atoms with Gasteiger partial charge in [-0.25, -0.2) is 13.2 Å². The number of nitrogens with one attached hydrogen (secondary N) is 1. The van der Waals surface area contributed by atoms with Crippen molar-refractivity contribution in [2.45, 2.75) is 19.8 Å². The minimum atomic E-state index is -3.33. The van der Waals surface area contributed by atoms with Crippen molar-refractivity contribution in [1.82, 2.24) is 0 Å². The lowest BCUT2D eigenvalue weighted by molar-refractivity contribution is 0.0734.